The Kier molecular flexibility index (Phi) is 4.81. The first-order chi connectivity index (χ1) is 9.08. The van der Waals surface area contributed by atoms with Crippen molar-refractivity contribution in [2.24, 2.45) is 11.1 Å². The van der Waals surface area contributed by atoms with E-state index in [0.717, 1.165) is 6.07 Å². The molecule has 0 radical (unpaired) electrons. The van der Waals surface area contributed by atoms with Crippen LogP contribution in [0.15, 0.2) is 24.3 Å². The highest BCUT2D eigenvalue weighted by atomic mass is 19.4. The van der Waals surface area contributed by atoms with E-state index in [9.17, 15) is 18.0 Å². The van der Waals surface area contributed by atoms with E-state index in [0.29, 0.717) is 6.54 Å². The number of benzene rings is 1. The van der Waals surface area contributed by atoms with E-state index in [1.165, 1.54) is 30.1 Å². The number of halogens is 3. The summed E-state index contributed by atoms with van der Waals surface area (Å²) in [6, 6.07) is 4.79. The van der Waals surface area contributed by atoms with Gasteiger partial charge in [0, 0.05) is 13.6 Å². The van der Waals surface area contributed by atoms with Gasteiger partial charge in [-0.25, -0.2) is 0 Å². The maximum atomic E-state index is 12.9. The van der Waals surface area contributed by atoms with Gasteiger partial charge in [-0.2, -0.15) is 13.2 Å². The molecule has 1 rings (SSSR count). The average molecular weight is 288 g/mol. The van der Waals surface area contributed by atoms with E-state index in [4.69, 9.17) is 5.73 Å². The third kappa shape index (κ3) is 3.96. The van der Waals surface area contributed by atoms with Gasteiger partial charge in [0.2, 0.25) is 0 Å². The second-order valence-corrected chi connectivity index (χ2v) is 5.57. The first-order valence-electron chi connectivity index (χ1n) is 6.20. The monoisotopic (exact) mass is 288 g/mol. The maximum absolute atomic E-state index is 12.9. The summed E-state index contributed by atoms with van der Waals surface area (Å²) in [5, 5.41) is 0. The van der Waals surface area contributed by atoms with Crippen LogP contribution < -0.4 is 5.73 Å². The Bertz CT molecular complexity index is 484. The molecule has 0 unspecified atom stereocenters. The molecule has 3 nitrogen and oxygen atoms in total. The summed E-state index contributed by atoms with van der Waals surface area (Å²) in [7, 11) is 1.48. The van der Waals surface area contributed by atoms with Gasteiger partial charge in [-0.05, 0) is 24.1 Å². The molecule has 0 atom stereocenters. The zero-order valence-electron chi connectivity index (χ0n) is 11.8. The number of rotatable bonds is 4. The summed E-state index contributed by atoms with van der Waals surface area (Å²) in [4.78, 5) is 13.5. The predicted octanol–water partition coefficient (Wildman–Crippen LogP) is 2.76. The molecular formula is C14H19F3N2O. The fourth-order valence-corrected chi connectivity index (χ4v) is 1.90. The van der Waals surface area contributed by atoms with Gasteiger partial charge in [0.15, 0.2) is 0 Å². The number of hydrogen-bond acceptors (Lipinski definition) is 2. The zero-order valence-corrected chi connectivity index (χ0v) is 11.8. The van der Waals surface area contributed by atoms with E-state index in [-0.39, 0.29) is 17.5 Å². The van der Waals surface area contributed by atoms with Crippen LogP contribution in [0.25, 0.3) is 0 Å². The zero-order chi connectivity index (χ0) is 15.6. The highest BCUT2D eigenvalue weighted by Crippen LogP contribution is 2.32. The van der Waals surface area contributed by atoms with Crippen LogP contribution in [-0.2, 0) is 6.18 Å². The summed E-state index contributed by atoms with van der Waals surface area (Å²) in [6.07, 6.45) is -4.55. The van der Waals surface area contributed by atoms with Crippen LogP contribution in [0.4, 0.5) is 13.2 Å². The van der Waals surface area contributed by atoms with Crippen LogP contribution in [0.2, 0.25) is 0 Å². The molecule has 112 valence electrons. The minimum Gasteiger partial charge on any atom is -0.341 e. The van der Waals surface area contributed by atoms with E-state index < -0.39 is 17.6 Å². The van der Waals surface area contributed by atoms with Crippen LogP contribution >= 0.6 is 0 Å². The first-order valence-corrected chi connectivity index (χ1v) is 6.20. The lowest BCUT2D eigenvalue weighted by Gasteiger charge is -2.29. The molecule has 1 aromatic carbocycles. The Morgan fingerprint density at radius 1 is 1.25 bits per heavy atom. The number of alkyl halides is 3. The Morgan fingerprint density at radius 2 is 1.80 bits per heavy atom. The molecule has 0 saturated carbocycles. The number of carbonyl (C=O) groups excluding carboxylic acids is 1. The van der Waals surface area contributed by atoms with Crippen molar-refractivity contribution < 1.29 is 18.0 Å². The topological polar surface area (TPSA) is 46.3 Å². The van der Waals surface area contributed by atoms with Gasteiger partial charge in [0.05, 0.1) is 11.1 Å². The summed E-state index contributed by atoms with van der Waals surface area (Å²) >= 11 is 0. The highest BCUT2D eigenvalue weighted by Gasteiger charge is 2.35. The molecular weight excluding hydrogens is 269 g/mol. The SMILES string of the molecule is CN(CC(C)(C)CN)C(=O)c1ccccc1C(F)(F)F. The molecule has 0 heterocycles. The standard InChI is InChI=1S/C14H19F3N2O/c1-13(2,8-18)9-19(3)12(20)10-6-4-5-7-11(10)14(15,16)17/h4-7H,8-9,18H2,1-3H3. The van der Waals surface area contributed by atoms with E-state index in [1.54, 1.807) is 0 Å². The lowest BCUT2D eigenvalue weighted by Crippen LogP contribution is -2.40. The van der Waals surface area contributed by atoms with Crippen molar-refractivity contribution >= 4 is 5.91 Å². The molecule has 0 fully saturated rings. The number of carbonyl (C=O) groups is 1. The molecule has 0 saturated heterocycles. The van der Waals surface area contributed by atoms with Crippen LogP contribution in [-0.4, -0.2) is 30.9 Å². The smallest absolute Gasteiger partial charge is 0.341 e. The lowest BCUT2D eigenvalue weighted by molar-refractivity contribution is -0.138. The average Bonchev–Trinajstić information content (AvgIpc) is 2.36. The Balaban J connectivity index is 3.04. The third-order valence-corrected chi connectivity index (χ3v) is 3.03. The molecule has 0 spiro atoms. The maximum Gasteiger partial charge on any atom is 0.417 e. The molecule has 0 aliphatic heterocycles. The highest BCUT2D eigenvalue weighted by molar-refractivity contribution is 5.95. The Labute approximate surface area is 116 Å². The van der Waals surface area contributed by atoms with Crippen LogP contribution in [0.1, 0.15) is 29.8 Å². The summed E-state index contributed by atoms with van der Waals surface area (Å²) in [6.45, 7) is 4.33. The van der Waals surface area contributed by atoms with E-state index in [2.05, 4.69) is 0 Å². The number of amides is 1. The van der Waals surface area contributed by atoms with Crippen LogP contribution in [0.3, 0.4) is 0 Å². The van der Waals surface area contributed by atoms with Crippen molar-refractivity contribution in [1.29, 1.82) is 0 Å². The molecule has 0 aromatic heterocycles. The van der Waals surface area contributed by atoms with Gasteiger partial charge in [-0.15, -0.1) is 0 Å². The second kappa shape index (κ2) is 5.83. The van der Waals surface area contributed by atoms with Gasteiger partial charge in [-0.3, -0.25) is 4.79 Å². The van der Waals surface area contributed by atoms with E-state index in [1.807, 2.05) is 13.8 Å². The molecule has 0 bridgehead atoms. The predicted molar refractivity (Wildman–Crippen MR) is 71.2 cm³/mol. The quantitative estimate of drug-likeness (QED) is 0.926. The number of nitrogens with two attached hydrogens (primary N) is 1. The minimum absolute atomic E-state index is 0.286. The summed E-state index contributed by atoms with van der Waals surface area (Å²) in [5.41, 5.74) is 3.97. The van der Waals surface area contributed by atoms with Gasteiger partial charge in [0.25, 0.3) is 5.91 Å². The number of hydrogen-bond donors (Lipinski definition) is 1. The molecule has 0 aliphatic carbocycles. The van der Waals surface area contributed by atoms with Crippen LogP contribution in [0.5, 0.6) is 0 Å². The largest absolute Gasteiger partial charge is 0.417 e. The Hall–Kier alpha value is -1.56. The van der Waals surface area contributed by atoms with Gasteiger partial charge in [-0.1, -0.05) is 26.0 Å². The lowest BCUT2D eigenvalue weighted by atomic mass is 9.93. The molecule has 20 heavy (non-hydrogen) atoms. The van der Waals surface area contributed by atoms with Crippen molar-refractivity contribution in [3.8, 4) is 0 Å². The normalized spacial score (nSPS) is 12.3. The number of nitrogens with zero attached hydrogens (tertiary/aromatic N) is 1. The van der Waals surface area contributed by atoms with Gasteiger partial charge < -0.3 is 10.6 Å². The molecule has 0 aliphatic rings. The van der Waals surface area contributed by atoms with Crippen molar-refractivity contribution in [2.45, 2.75) is 20.0 Å². The summed E-state index contributed by atoms with van der Waals surface area (Å²) < 4.78 is 38.7. The van der Waals surface area contributed by atoms with Crippen molar-refractivity contribution in [3.63, 3.8) is 0 Å². The fourth-order valence-electron chi connectivity index (χ4n) is 1.90. The van der Waals surface area contributed by atoms with Crippen molar-refractivity contribution in [1.82, 2.24) is 4.90 Å². The third-order valence-electron chi connectivity index (χ3n) is 3.03. The van der Waals surface area contributed by atoms with Gasteiger partial charge in [0.1, 0.15) is 0 Å². The molecule has 6 heteroatoms. The van der Waals surface area contributed by atoms with E-state index >= 15 is 0 Å². The van der Waals surface area contributed by atoms with Crippen molar-refractivity contribution in [3.05, 3.63) is 35.4 Å². The Morgan fingerprint density at radius 3 is 2.30 bits per heavy atom. The first kappa shape index (κ1) is 16.5. The van der Waals surface area contributed by atoms with Crippen LogP contribution in [0, 0.1) is 5.41 Å². The van der Waals surface area contributed by atoms with Crippen molar-refractivity contribution in [2.75, 3.05) is 20.1 Å². The summed E-state index contributed by atoms with van der Waals surface area (Å²) in [5.74, 6) is -0.653. The molecule has 1 amide bonds. The molecule has 2 N–H and O–H groups in total. The minimum atomic E-state index is -4.55. The molecule has 1 aromatic rings. The van der Waals surface area contributed by atoms with Gasteiger partial charge >= 0.3 is 6.18 Å². The second-order valence-electron chi connectivity index (χ2n) is 5.57. The fraction of sp³-hybridized carbons (Fsp3) is 0.500.